The molecule has 1 saturated carbocycles. The van der Waals surface area contributed by atoms with Gasteiger partial charge >= 0.3 is 7.12 Å². The van der Waals surface area contributed by atoms with E-state index in [9.17, 15) is 0 Å². The van der Waals surface area contributed by atoms with Crippen LogP contribution in [-0.4, -0.2) is 28.1 Å². The van der Waals surface area contributed by atoms with E-state index < -0.39 is 0 Å². The first-order chi connectivity index (χ1) is 8.80. The Hall–Kier alpha value is -0.805. The van der Waals surface area contributed by atoms with Crippen molar-refractivity contribution < 1.29 is 9.31 Å². The van der Waals surface area contributed by atoms with Crippen LogP contribution >= 0.6 is 0 Å². The van der Waals surface area contributed by atoms with Gasteiger partial charge in [0.15, 0.2) is 0 Å². The molecule has 1 aromatic rings. The highest BCUT2D eigenvalue weighted by molar-refractivity contribution is 6.61. The molecule has 0 atom stereocenters. The molecule has 3 heterocycles. The molecule has 0 radical (unpaired) electrons. The van der Waals surface area contributed by atoms with Crippen LogP contribution in [0.1, 0.15) is 46.2 Å². The maximum absolute atomic E-state index is 6.06. The van der Waals surface area contributed by atoms with E-state index in [1.807, 2.05) is 0 Å². The number of rotatable bonds is 1. The molecule has 2 aliphatic heterocycles. The predicted octanol–water partition coefficient (Wildman–Crippen LogP) is 1.52. The van der Waals surface area contributed by atoms with E-state index in [1.54, 1.807) is 0 Å². The van der Waals surface area contributed by atoms with Crippen LogP contribution in [0.5, 0.6) is 0 Å². The summed E-state index contributed by atoms with van der Waals surface area (Å²) in [6.07, 6.45) is 3.91. The van der Waals surface area contributed by atoms with Gasteiger partial charge in [0, 0.05) is 12.2 Å². The van der Waals surface area contributed by atoms with E-state index in [2.05, 4.69) is 38.4 Å². The first-order valence-electron chi connectivity index (χ1n) is 7.23. The Morgan fingerprint density at radius 1 is 1.16 bits per heavy atom. The summed E-state index contributed by atoms with van der Waals surface area (Å²) in [6, 6.07) is 2.18. The fourth-order valence-corrected chi connectivity index (χ4v) is 3.11. The van der Waals surface area contributed by atoms with Gasteiger partial charge in [-0.3, -0.25) is 4.68 Å². The van der Waals surface area contributed by atoms with Crippen molar-refractivity contribution in [2.45, 2.75) is 64.7 Å². The van der Waals surface area contributed by atoms with Gasteiger partial charge in [0.25, 0.3) is 0 Å². The number of hydrogen-bond acceptors (Lipinski definition) is 3. The van der Waals surface area contributed by atoms with Gasteiger partial charge in [-0.2, -0.15) is 5.10 Å². The molecular formula is C14H21BN2O2. The molecule has 4 nitrogen and oxygen atoms in total. The summed E-state index contributed by atoms with van der Waals surface area (Å²) in [7, 11) is -0.321. The van der Waals surface area contributed by atoms with Crippen molar-refractivity contribution in [1.82, 2.24) is 9.78 Å². The fraction of sp³-hybridized carbons (Fsp3) is 0.786. The lowest BCUT2D eigenvalue weighted by Crippen LogP contribution is -2.41. The average Bonchev–Trinajstić information content (AvgIpc) is 2.65. The first-order valence-corrected chi connectivity index (χ1v) is 7.23. The Balaban J connectivity index is 1.59. The summed E-state index contributed by atoms with van der Waals surface area (Å²) in [4.78, 5) is 0. The number of aromatic nitrogens is 2. The highest BCUT2D eigenvalue weighted by Gasteiger charge is 2.54. The van der Waals surface area contributed by atoms with Crippen molar-refractivity contribution in [1.29, 1.82) is 0 Å². The van der Waals surface area contributed by atoms with Crippen LogP contribution in [0, 0.1) is 5.41 Å². The third kappa shape index (κ3) is 1.64. The van der Waals surface area contributed by atoms with Crippen molar-refractivity contribution in [3.63, 3.8) is 0 Å². The van der Waals surface area contributed by atoms with E-state index in [-0.39, 0.29) is 18.3 Å². The van der Waals surface area contributed by atoms with Crippen molar-refractivity contribution >= 4 is 12.7 Å². The van der Waals surface area contributed by atoms with E-state index in [0.717, 1.165) is 12.1 Å². The topological polar surface area (TPSA) is 36.3 Å². The molecule has 0 aromatic carbocycles. The molecule has 19 heavy (non-hydrogen) atoms. The van der Waals surface area contributed by atoms with Gasteiger partial charge in [-0.25, -0.2) is 0 Å². The molecule has 1 aromatic heterocycles. The van der Waals surface area contributed by atoms with Crippen LogP contribution in [0.2, 0.25) is 0 Å². The third-order valence-corrected chi connectivity index (χ3v) is 5.38. The zero-order valence-corrected chi connectivity index (χ0v) is 12.2. The van der Waals surface area contributed by atoms with Crippen LogP contribution in [0.15, 0.2) is 6.07 Å². The summed E-state index contributed by atoms with van der Waals surface area (Å²) in [6.45, 7) is 9.40. The normalized spacial score (nSPS) is 28.9. The summed E-state index contributed by atoms with van der Waals surface area (Å²) in [5, 5.41) is 4.71. The Bertz CT molecular complexity index is 504. The molecule has 102 valence electrons. The zero-order chi connectivity index (χ0) is 13.5. The maximum atomic E-state index is 6.06. The van der Waals surface area contributed by atoms with Gasteiger partial charge in [0.2, 0.25) is 0 Å². The highest BCUT2D eigenvalue weighted by Crippen LogP contribution is 2.52. The molecule has 1 saturated heterocycles. The van der Waals surface area contributed by atoms with Crippen molar-refractivity contribution in [2.24, 2.45) is 5.41 Å². The molecule has 2 fully saturated rings. The smallest absolute Gasteiger partial charge is 0.398 e. The minimum atomic E-state index is -0.321. The molecule has 5 heteroatoms. The molecule has 0 bridgehead atoms. The van der Waals surface area contributed by atoms with Crippen LogP contribution in [0.4, 0.5) is 0 Å². The first kappa shape index (κ1) is 12.0. The second kappa shape index (κ2) is 3.26. The van der Waals surface area contributed by atoms with Crippen LogP contribution in [-0.2, 0) is 22.3 Å². The average molecular weight is 260 g/mol. The Morgan fingerprint density at radius 2 is 1.79 bits per heavy atom. The fourth-order valence-electron chi connectivity index (χ4n) is 3.11. The second-order valence-electron chi connectivity index (χ2n) is 7.48. The number of hydrogen-bond donors (Lipinski definition) is 0. The van der Waals surface area contributed by atoms with E-state index in [1.165, 1.54) is 25.0 Å². The Labute approximate surface area is 114 Å². The summed E-state index contributed by atoms with van der Waals surface area (Å²) in [5.74, 6) is 0. The highest BCUT2D eigenvalue weighted by atomic mass is 16.7. The quantitative estimate of drug-likeness (QED) is 0.718. The third-order valence-electron chi connectivity index (χ3n) is 5.38. The minimum Gasteiger partial charge on any atom is -0.398 e. The zero-order valence-electron chi connectivity index (χ0n) is 12.2. The largest absolute Gasteiger partial charge is 0.516 e. The molecule has 0 unspecified atom stereocenters. The summed E-state index contributed by atoms with van der Waals surface area (Å²) < 4.78 is 14.3. The second-order valence-corrected chi connectivity index (χ2v) is 7.48. The molecule has 1 aliphatic carbocycles. The predicted molar refractivity (Wildman–Crippen MR) is 73.3 cm³/mol. The van der Waals surface area contributed by atoms with Gasteiger partial charge in [-0.05, 0) is 58.4 Å². The lowest BCUT2D eigenvalue weighted by molar-refractivity contribution is 0.00578. The SMILES string of the molecule is CC1(C)OB(c2cc3n(n2)CC2(CC2)C3)OC1(C)C. The van der Waals surface area contributed by atoms with Gasteiger partial charge in [0.1, 0.15) is 0 Å². The van der Waals surface area contributed by atoms with Crippen LogP contribution < -0.4 is 5.59 Å². The van der Waals surface area contributed by atoms with Gasteiger partial charge in [0.05, 0.1) is 16.8 Å². The monoisotopic (exact) mass is 260 g/mol. The van der Waals surface area contributed by atoms with Crippen molar-refractivity contribution in [3.8, 4) is 0 Å². The van der Waals surface area contributed by atoms with Crippen molar-refractivity contribution in [3.05, 3.63) is 11.8 Å². The van der Waals surface area contributed by atoms with Gasteiger partial charge in [-0.1, -0.05) is 0 Å². The maximum Gasteiger partial charge on any atom is 0.516 e. The standard InChI is InChI=1S/C14H21BN2O2/c1-12(2)13(3,4)19-15(18-12)11-7-10-8-14(5-6-14)9-17(10)16-11/h7H,5-6,8-9H2,1-4H3. The lowest BCUT2D eigenvalue weighted by atomic mass is 9.84. The van der Waals surface area contributed by atoms with E-state index >= 15 is 0 Å². The minimum absolute atomic E-state index is 0.288. The molecular weight excluding hydrogens is 239 g/mol. The van der Waals surface area contributed by atoms with Crippen LogP contribution in [0.3, 0.4) is 0 Å². The molecule has 0 amide bonds. The molecule has 4 rings (SSSR count). The van der Waals surface area contributed by atoms with Crippen LogP contribution in [0.25, 0.3) is 0 Å². The lowest BCUT2D eigenvalue weighted by Gasteiger charge is -2.32. The Morgan fingerprint density at radius 3 is 2.32 bits per heavy atom. The van der Waals surface area contributed by atoms with Gasteiger partial charge < -0.3 is 9.31 Å². The molecule has 3 aliphatic rings. The van der Waals surface area contributed by atoms with E-state index in [0.29, 0.717) is 5.41 Å². The Kier molecular flexibility index (Phi) is 2.05. The van der Waals surface area contributed by atoms with Gasteiger partial charge in [-0.15, -0.1) is 0 Å². The molecule has 0 N–H and O–H groups in total. The summed E-state index contributed by atoms with van der Waals surface area (Å²) in [5.41, 5.74) is 2.27. The van der Waals surface area contributed by atoms with E-state index in [4.69, 9.17) is 14.4 Å². The van der Waals surface area contributed by atoms with Crippen molar-refractivity contribution in [2.75, 3.05) is 0 Å². The summed E-state index contributed by atoms with van der Waals surface area (Å²) >= 11 is 0. The number of fused-ring (bicyclic) bond motifs is 1. The molecule has 1 spiro atoms. The number of nitrogens with zero attached hydrogens (tertiary/aromatic N) is 2.